The molecule has 6 nitrogen and oxygen atoms in total. The lowest BCUT2D eigenvalue weighted by Gasteiger charge is -2.26. The molecule has 1 aliphatic heterocycles. The Labute approximate surface area is 189 Å². The van der Waals surface area contributed by atoms with E-state index in [2.05, 4.69) is 0 Å². The number of esters is 1. The maximum absolute atomic E-state index is 12.9. The maximum Gasteiger partial charge on any atom is 0.375 e. The van der Waals surface area contributed by atoms with Crippen molar-refractivity contribution in [2.45, 2.75) is 19.6 Å². The number of benzene rings is 2. The fraction of sp³-hybridized carbons (Fsp3) is 0.200. The number of carbonyl (C=O) groups excluding carboxylic acids is 2. The Hall–Kier alpha value is -3.58. The number of carbonyl (C=O) groups is 2. The van der Waals surface area contributed by atoms with E-state index in [0.29, 0.717) is 30.0 Å². The quantitative estimate of drug-likeness (QED) is 0.397. The summed E-state index contributed by atoms with van der Waals surface area (Å²) in [7, 11) is 0. The molecule has 1 amide bonds. The molecule has 7 heteroatoms. The van der Waals surface area contributed by atoms with E-state index in [0.717, 1.165) is 11.8 Å². The zero-order valence-corrected chi connectivity index (χ0v) is 18.1. The van der Waals surface area contributed by atoms with Gasteiger partial charge in [-0.3, -0.25) is 4.79 Å². The van der Waals surface area contributed by atoms with E-state index in [-0.39, 0.29) is 24.9 Å². The molecule has 32 heavy (non-hydrogen) atoms. The van der Waals surface area contributed by atoms with Gasteiger partial charge < -0.3 is 18.8 Å². The molecule has 2 aromatic heterocycles. The van der Waals surface area contributed by atoms with Crippen LogP contribution in [0.15, 0.2) is 70.5 Å². The Balaban J connectivity index is 1.29. The number of hydrogen-bond acceptors (Lipinski definition) is 6. The second kappa shape index (κ2) is 8.88. The normalized spacial score (nSPS) is 13.1. The van der Waals surface area contributed by atoms with E-state index in [1.165, 1.54) is 10.4 Å². The first-order chi connectivity index (χ1) is 15.7. The van der Waals surface area contributed by atoms with Gasteiger partial charge in [-0.25, -0.2) is 4.79 Å². The van der Waals surface area contributed by atoms with Crippen LogP contribution < -0.4 is 4.74 Å². The second-order valence-corrected chi connectivity index (χ2v) is 8.52. The fourth-order valence-corrected chi connectivity index (χ4v) is 4.71. The minimum Gasteiger partial charge on any atom is -0.489 e. The molecule has 162 valence electrons. The maximum atomic E-state index is 12.9. The van der Waals surface area contributed by atoms with Gasteiger partial charge in [-0.2, -0.15) is 0 Å². The Morgan fingerprint density at radius 3 is 2.72 bits per heavy atom. The highest BCUT2D eigenvalue weighted by atomic mass is 32.1. The molecular weight excluding hydrogens is 426 g/mol. The topological polar surface area (TPSA) is 69.0 Å². The van der Waals surface area contributed by atoms with Crippen molar-refractivity contribution < 1.29 is 23.5 Å². The minimum atomic E-state index is -0.672. The van der Waals surface area contributed by atoms with Gasteiger partial charge in [-0.1, -0.05) is 36.4 Å². The average molecular weight is 448 g/mol. The van der Waals surface area contributed by atoms with Crippen molar-refractivity contribution >= 4 is 34.2 Å². The van der Waals surface area contributed by atoms with Crippen LogP contribution in [-0.4, -0.2) is 29.9 Å². The summed E-state index contributed by atoms with van der Waals surface area (Å²) in [6.07, 6.45) is 0.831. The predicted molar refractivity (Wildman–Crippen MR) is 121 cm³/mol. The van der Waals surface area contributed by atoms with Gasteiger partial charge >= 0.3 is 5.97 Å². The third kappa shape index (κ3) is 4.11. The van der Waals surface area contributed by atoms with Crippen LogP contribution in [0.25, 0.3) is 11.0 Å². The summed E-state index contributed by atoms with van der Waals surface area (Å²) in [5.41, 5.74) is 2.33. The van der Waals surface area contributed by atoms with Gasteiger partial charge in [0.25, 0.3) is 5.91 Å². The summed E-state index contributed by atoms with van der Waals surface area (Å²) in [4.78, 5) is 28.5. The molecule has 0 bridgehead atoms. The SMILES string of the molecule is O=C(OCC(=O)N1CCc2sccc2C1)c1oc2ccccc2c1COc1ccccc1. The molecule has 4 aromatic rings. The first-order valence-corrected chi connectivity index (χ1v) is 11.3. The lowest BCUT2D eigenvalue weighted by atomic mass is 10.1. The first-order valence-electron chi connectivity index (χ1n) is 10.4. The van der Waals surface area contributed by atoms with E-state index in [1.807, 2.05) is 60.0 Å². The molecule has 0 radical (unpaired) electrons. The van der Waals surface area contributed by atoms with Gasteiger partial charge in [0.05, 0.1) is 5.56 Å². The third-order valence-corrected chi connectivity index (χ3v) is 6.52. The molecule has 0 unspecified atom stereocenters. The molecule has 0 spiro atoms. The molecule has 0 fully saturated rings. The van der Waals surface area contributed by atoms with Crippen LogP contribution in [0.1, 0.15) is 26.6 Å². The lowest BCUT2D eigenvalue weighted by Crippen LogP contribution is -2.38. The van der Waals surface area contributed by atoms with Gasteiger partial charge in [0.2, 0.25) is 5.76 Å². The largest absolute Gasteiger partial charge is 0.489 e. The van der Waals surface area contributed by atoms with Crippen molar-refractivity contribution in [3.8, 4) is 5.75 Å². The van der Waals surface area contributed by atoms with E-state index in [1.54, 1.807) is 22.3 Å². The van der Waals surface area contributed by atoms with Crippen LogP contribution in [0.4, 0.5) is 0 Å². The van der Waals surface area contributed by atoms with Crippen LogP contribution in [0.3, 0.4) is 0 Å². The number of ether oxygens (including phenoxy) is 2. The van der Waals surface area contributed by atoms with Crippen molar-refractivity contribution in [2.75, 3.05) is 13.2 Å². The number of hydrogen-bond donors (Lipinski definition) is 0. The van der Waals surface area contributed by atoms with Crippen molar-refractivity contribution in [3.63, 3.8) is 0 Å². The van der Waals surface area contributed by atoms with Gasteiger partial charge in [0, 0.05) is 23.4 Å². The fourth-order valence-electron chi connectivity index (χ4n) is 3.82. The van der Waals surface area contributed by atoms with Crippen LogP contribution in [0.5, 0.6) is 5.75 Å². The summed E-state index contributed by atoms with van der Waals surface area (Å²) in [6, 6.07) is 18.8. The molecule has 0 atom stereocenters. The molecule has 0 saturated carbocycles. The summed E-state index contributed by atoms with van der Waals surface area (Å²) in [5, 5.41) is 2.82. The van der Waals surface area contributed by atoms with Crippen LogP contribution >= 0.6 is 11.3 Å². The van der Waals surface area contributed by atoms with Crippen LogP contribution in [0.2, 0.25) is 0 Å². The third-order valence-electron chi connectivity index (χ3n) is 5.50. The van der Waals surface area contributed by atoms with Crippen LogP contribution in [0, 0.1) is 0 Å². The summed E-state index contributed by atoms with van der Waals surface area (Å²) < 4.78 is 17.0. The van der Waals surface area contributed by atoms with Crippen molar-refractivity contribution in [1.29, 1.82) is 0 Å². The Morgan fingerprint density at radius 2 is 1.84 bits per heavy atom. The summed E-state index contributed by atoms with van der Waals surface area (Å²) in [6.45, 7) is 1.00. The Bertz CT molecular complexity index is 1260. The minimum absolute atomic E-state index is 0.0636. The first kappa shape index (κ1) is 20.3. The highest BCUT2D eigenvalue weighted by Gasteiger charge is 2.26. The standard InChI is InChI=1S/C25H21NO5S/c27-23(26-12-10-22-17(14-26)11-13-32-22)16-30-25(28)24-20(15-29-18-6-2-1-3-7-18)19-8-4-5-9-21(19)31-24/h1-9,11,13H,10,12,14-16H2. The molecule has 1 aliphatic rings. The number of thiophene rings is 1. The van der Waals surface area contributed by atoms with Crippen LogP contribution in [-0.2, 0) is 29.1 Å². The summed E-state index contributed by atoms with van der Waals surface area (Å²) >= 11 is 1.71. The molecule has 0 N–H and O–H groups in total. The van der Waals surface area contributed by atoms with Gasteiger partial charge in [0.15, 0.2) is 6.61 Å². The zero-order chi connectivity index (χ0) is 21.9. The Kier molecular flexibility index (Phi) is 5.64. The predicted octanol–water partition coefficient (Wildman–Crippen LogP) is 4.82. The lowest BCUT2D eigenvalue weighted by molar-refractivity contribution is -0.135. The number of para-hydroxylation sites is 2. The van der Waals surface area contributed by atoms with Gasteiger partial charge in [0.1, 0.15) is 17.9 Å². The number of amides is 1. The Morgan fingerprint density at radius 1 is 1.03 bits per heavy atom. The zero-order valence-electron chi connectivity index (χ0n) is 17.3. The number of fused-ring (bicyclic) bond motifs is 2. The second-order valence-electron chi connectivity index (χ2n) is 7.52. The average Bonchev–Trinajstić information content (AvgIpc) is 3.45. The summed E-state index contributed by atoms with van der Waals surface area (Å²) in [5.74, 6) is -0.137. The molecule has 0 aliphatic carbocycles. The van der Waals surface area contributed by atoms with E-state index in [4.69, 9.17) is 13.9 Å². The van der Waals surface area contributed by atoms with Crippen molar-refractivity contribution in [2.24, 2.45) is 0 Å². The molecular formula is C25H21NO5S. The van der Waals surface area contributed by atoms with E-state index >= 15 is 0 Å². The number of rotatable bonds is 6. The van der Waals surface area contributed by atoms with Crippen molar-refractivity contribution in [1.82, 2.24) is 4.90 Å². The van der Waals surface area contributed by atoms with Gasteiger partial charge in [-0.15, -0.1) is 11.3 Å². The molecule has 0 saturated heterocycles. The van der Waals surface area contributed by atoms with Gasteiger partial charge in [-0.05, 0) is 41.6 Å². The number of nitrogens with zero attached hydrogens (tertiary/aromatic N) is 1. The molecule has 3 heterocycles. The highest BCUT2D eigenvalue weighted by Crippen LogP contribution is 2.28. The highest BCUT2D eigenvalue weighted by molar-refractivity contribution is 7.10. The molecule has 2 aromatic carbocycles. The monoisotopic (exact) mass is 447 g/mol. The smallest absolute Gasteiger partial charge is 0.375 e. The van der Waals surface area contributed by atoms with Crippen molar-refractivity contribution in [3.05, 3.63) is 87.8 Å². The number of furan rings is 1. The van der Waals surface area contributed by atoms with E-state index in [9.17, 15) is 9.59 Å². The molecule has 5 rings (SSSR count). The van der Waals surface area contributed by atoms with E-state index < -0.39 is 5.97 Å².